The van der Waals surface area contributed by atoms with E-state index >= 15 is 0 Å². The molecule has 0 bridgehead atoms. The molecule has 1 aliphatic carbocycles. The summed E-state index contributed by atoms with van der Waals surface area (Å²) < 4.78 is 0. The molecule has 0 saturated carbocycles. The van der Waals surface area contributed by atoms with E-state index in [4.69, 9.17) is 5.11 Å². The number of carbonyl (C=O) groups is 4. The number of hydrogen-bond acceptors (Lipinski definition) is 6. The second kappa shape index (κ2) is 8.79. The van der Waals surface area contributed by atoms with Crippen molar-refractivity contribution in [1.82, 2.24) is 5.32 Å². The van der Waals surface area contributed by atoms with Gasteiger partial charge in [-0.3, -0.25) is 14.6 Å². The van der Waals surface area contributed by atoms with Gasteiger partial charge in [0.1, 0.15) is 16.9 Å². The van der Waals surface area contributed by atoms with Crippen LogP contribution in [0, 0.1) is 11.8 Å². The highest BCUT2D eigenvalue weighted by Crippen LogP contribution is 2.27. The summed E-state index contributed by atoms with van der Waals surface area (Å²) in [6, 6.07) is -1.35. The number of rotatable bonds is 8. The summed E-state index contributed by atoms with van der Waals surface area (Å²) >= 11 is 1.18. The molecule has 0 aromatic rings. The van der Waals surface area contributed by atoms with Crippen LogP contribution in [0.15, 0.2) is 29.3 Å². The second-order valence-corrected chi connectivity index (χ2v) is 7.24. The van der Waals surface area contributed by atoms with Crippen molar-refractivity contribution in [1.29, 1.82) is 0 Å². The number of allylic oxidation sites excluding steroid dienone is 4. The zero-order chi connectivity index (χ0) is 19.3. The maximum absolute atomic E-state index is 12.1. The molecule has 2 aliphatic rings. The van der Waals surface area contributed by atoms with Crippen molar-refractivity contribution in [2.45, 2.75) is 31.2 Å². The number of amides is 1. The number of Topliss-reactive ketones (excluding diaryl/α,β-unsaturated/α-hetero) is 1. The fourth-order valence-corrected chi connectivity index (χ4v) is 3.82. The predicted molar refractivity (Wildman–Crippen MR) is 96.1 cm³/mol. The molecule has 26 heavy (non-hydrogen) atoms. The van der Waals surface area contributed by atoms with Crippen LogP contribution in [-0.2, 0) is 19.2 Å². The van der Waals surface area contributed by atoms with Crippen molar-refractivity contribution < 1.29 is 29.4 Å². The third kappa shape index (κ3) is 5.04. The minimum Gasteiger partial charge on any atom is -0.480 e. The highest BCUT2D eigenvalue weighted by molar-refractivity contribution is 8.00. The molecular formula is C17H20N2O6S. The largest absolute Gasteiger partial charge is 0.480 e. The minimum absolute atomic E-state index is 0.00396. The van der Waals surface area contributed by atoms with E-state index in [1.54, 1.807) is 31.2 Å². The molecule has 1 heterocycles. The first-order valence-corrected chi connectivity index (χ1v) is 9.17. The number of hydrogen-bond donors (Lipinski definition) is 3. The van der Waals surface area contributed by atoms with E-state index in [9.17, 15) is 24.3 Å². The van der Waals surface area contributed by atoms with Crippen LogP contribution in [0.1, 0.15) is 19.8 Å². The Labute approximate surface area is 154 Å². The van der Waals surface area contributed by atoms with Crippen molar-refractivity contribution >= 4 is 41.1 Å². The standard InChI is InChI=1S/C17H20N2O6S/c1-9-8-26-15(19-13(9)16(22)23)14(17(24)25)18-12(21)7-6-11(20)10-4-2-3-5-10/h2-5,9-10,14-15H,6-8H2,1H3,(H,18,21)(H,22,23)(H,24,25)/t9?,14-,15+/m0/s1. The van der Waals surface area contributed by atoms with Crippen LogP contribution >= 0.6 is 11.8 Å². The van der Waals surface area contributed by atoms with Crippen molar-refractivity contribution in [2.24, 2.45) is 16.8 Å². The summed E-state index contributed by atoms with van der Waals surface area (Å²) in [5.74, 6) is -3.44. The van der Waals surface area contributed by atoms with Gasteiger partial charge in [0.2, 0.25) is 5.91 Å². The van der Waals surface area contributed by atoms with E-state index in [1.807, 2.05) is 0 Å². The first-order chi connectivity index (χ1) is 12.3. The van der Waals surface area contributed by atoms with Crippen LogP contribution in [-0.4, -0.2) is 56.7 Å². The third-order valence-corrected chi connectivity index (χ3v) is 5.47. The van der Waals surface area contributed by atoms with Crippen molar-refractivity contribution in [2.75, 3.05) is 5.75 Å². The van der Waals surface area contributed by atoms with Gasteiger partial charge in [-0.1, -0.05) is 31.2 Å². The van der Waals surface area contributed by atoms with Gasteiger partial charge in [-0.05, 0) is 0 Å². The van der Waals surface area contributed by atoms with Gasteiger partial charge in [0.15, 0.2) is 6.04 Å². The molecule has 0 radical (unpaired) electrons. The molecule has 9 heteroatoms. The topological polar surface area (TPSA) is 133 Å². The summed E-state index contributed by atoms with van der Waals surface area (Å²) in [4.78, 5) is 50.7. The molecule has 1 unspecified atom stereocenters. The normalized spacial score (nSPS) is 23.3. The maximum atomic E-state index is 12.1. The SMILES string of the molecule is CC1CS[C@H]([C@H](NC(=O)CCC(=O)C2C=CC=C2)C(=O)O)N=C1C(=O)O. The third-order valence-electron chi connectivity index (χ3n) is 4.06. The summed E-state index contributed by atoms with van der Waals surface area (Å²) in [5, 5.41) is 20.0. The van der Waals surface area contributed by atoms with Gasteiger partial charge in [0.05, 0.1) is 5.92 Å². The molecule has 0 saturated heterocycles. The van der Waals surface area contributed by atoms with Gasteiger partial charge in [-0.2, -0.15) is 0 Å². The molecule has 1 amide bonds. The number of aliphatic carboxylic acids is 2. The number of ketones is 1. The fourth-order valence-electron chi connectivity index (χ4n) is 2.61. The number of aliphatic imine (C=N–C) groups is 1. The summed E-state index contributed by atoms with van der Waals surface area (Å²) in [6.07, 6.45) is 6.81. The number of carboxylic acids is 2. The van der Waals surface area contributed by atoms with Gasteiger partial charge < -0.3 is 15.5 Å². The summed E-state index contributed by atoms with van der Waals surface area (Å²) in [7, 11) is 0. The quantitative estimate of drug-likeness (QED) is 0.569. The van der Waals surface area contributed by atoms with Crippen molar-refractivity contribution in [3.63, 3.8) is 0 Å². The van der Waals surface area contributed by atoms with Gasteiger partial charge in [-0.15, -0.1) is 11.8 Å². The lowest BCUT2D eigenvalue weighted by atomic mass is 10.0. The lowest BCUT2D eigenvalue weighted by molar-refractivity contribution is -0.141. The Balaban J connectivity index is 1.97. The molecule has 0 aromatic carbocycles. The van der Waals surface area contributed by atoms with Crippen LogP contribution in [0.3, 0.4) is 0 Å². The number of carbonyl (C=O) groups excluding carboxylic acids is 2. The summed E-state index contributed by atoms with van der Waals surface area (Å²) in [5.41, 5.74) is -0.0933. The lowest BCUT2D eigenvalue weighted by Gasteiger charge is -2.27. The molecule has 1 aliphatic heterocycles. The monoisotopic (exact) mass is 380 g/mol. The molecule has 2 rings (SSSR count). The second-order valence-electron chi connectivity index (χ2n) is 6.09. The van der Waals surface area contributed by atoms with Crippen molar-refractivity contribution in [3.05, 3.63) is 24.3 Å². The van der Waals surface area contributed by atoms with Crippen LogP contribution in [0.4, 0.5) is 0 Å². The van der Waals surface area contributed by atoms with E-state index in [0.717, 1.165) is 0 Å². The Hall–Kier alpha value is -2.42. The molecule has 0 fully saturated rings. The highest BCUT2D eigenvalue weighted by Gasteiger charge is 2.35. The number of carboxylic acid groups (broad SMARTS) is 2. The van der Waals surface area contributed by atoms with Gasteiger partial charge in [0, 0.05) is 24.5 Å². The fraction of sp³-hybridized carbons (Fsp3) is 0.471. The number of thioether (sulfide) groups is 1. The Morgan fingerprint density at radius 3 is 2.46 bits per heavy atom. The van der Waals surface area contributed by atoms with Crippen LogP contribution in [0.5, 0.6) is 0 Å². The van der Waals surface area contributed by atoms with Gasteiger partial charge in [-0.25, -0.2) is 9.59 Å². The van der Waals surface area contributed by atoms with Crippen molar-refractivity contribution in [3.8, 4) is 0 Å². The molecule has 3 N–H and O–H groups in total. The first kappa shape index (κ1) is 19.9. The predicted octanol–water partition coefficient (Wildman–Crippen LogP) is 0.882. The highest BCUT2D eigenvalue weighted by atomic mass is 32.2. The number of nitrogens with zero attached hydrogens (tertiary/aromatic N) is 1. The van der Waals surface area contributed by atoms with Crippen LogP contribution < -0.4 is 5.32 Å². The molecule has 8 nitrogen and oxygen atoms in total. The Morgan fingerprint density at radius 2 is 1.88 bits per heavy atom. The Morgan fingerprint density at radius 1 is 1.23 bits per heavy atom. The van der Waals surface area contributed by atoms with E-state index in [2.05, 4.69) is 10.3 Å². The molecule has 3 atom stereocenters. The van der Waals surface area contributed by atoms with E-state index < -0.39 is 29.3 Å². The average molecular weight is 380 g/mol. The van der Waals surface area contributed by atoms with E-state index in [1.165, 1.54) is 11.8 Å². The zero-order valence-corrected chi connectivity index (χ0v) is 14.9. The molecule has 0 spiro atoms. The van der Waals surface area contributed by atoms with Crippen LogP contribution in [0.2, 0.25) is 0 Å². The average Bonchev–Trinajstić information content (AvgIpc) is 3.12. The molecule has 0 aromatic heterocycles. The first-order valence-electron chi connectivity index (χ1n) is 8.12. The molecule has 140 valence electrons. The van der Waals surface area contributed by atoms with Gasteiger partial charge >= 0.3 is 11.9 Å². The van der Waals surface area contributed by atoms with Gasteiger partial charge in [0.25, 0.3) is 0 Å². The zero-order valence-electron chi connectivity index (χ0n) is 14.1. The Kier molecular flexibility index (Phi) is 6.73. The van der Waals surface area contributed by atoms with E-state index in [-0.39, 0.29) is 36.2 Å². The minimum atomic E-state index is -1.35. The summed E-state index contributed by atoms with van der Waals surface area (Å²) in [6.45, 7) is 1.70. The number of nitrogens with one attached hydrogen (secondary N) is 1. The van der Waals surface area contributed by atoms with Crippen LogP contribution in [0.25, 0.3) is 0 Å². The maximum Gasteiger partial charge on any atom is 0.350 e. The van der Waals surface area contributed by atoms with E-state index in [0.29, 0.717) is 5.75 Å². The Bertz CT molecular complexity index is 687. The smallest absolute Gasteiger partial charge is 0.350 e. The molecular weight excluding hydrogens is 360 g/mol. The lowest BCUT2D eigenvalue weighted by Crippen LogP contribution is -2.49.